The standard InChI is InChI=1S/C15H16N2O/c1-10(2)13(9-16)12-8-11-6-4-5-7-14(11)17(3)15(12)18/h4-8,10,13H,1-3H3. The molecule has 0 N–H and O–H groups in total. The normalized spacial score (nSPS) is 12.6. The lowest BCUT2D eigenvalue weighted by molar-refractivity contribution is 0.579. The number of nitrogens with zero attached hydrogens (tertiary/aromatic N) is 2. The Kier molecular flexibility index (Phi) is 3.20. The molecule has 0 bridgehead atoms. The SMILES string of the molecule is CC(C)C(C#N)c1cc2ccccc2n(C)c1=O. The number of para-hydroxylation sites is 1. The number of rotatable bonds is 2. The number of benzene rings is 1. The predicted octanol–water partition coefficient (Wildman–Crippen LogP) is 2.80. The summed E-state index contributed by atoms with van der Waals surface area (Å²) in [4.78, 5) is 12.3. The van der Waals surface area contributed by atoms with E-state index < -0.39 is 0 Å². The summed E-state index contributed by atoms with van der Waals surface area (Å²) in [5.74, 6) is -0.225. The molecule has 0 aliphatic carbocycles. The molecule has 1 atom stereocenters. The van der Waals surface area contributed by atoms with Crippen LogP contribution >= 0.6 is 0 Å². The molecule has 0 aliphatic heterocycles. The maximum atomic E-state index is 12.3. The van der Waals surface area contributed by atoms with Crippen molar-refractivity contribution >= 4 is 10.9 Å². The lowest BCUT2D eigenvalue weighted by atomic mass is 9.90. The van der Waals surface area contributed by atoms with Gasteiger partial charge in [-0.3, -0.25) is 4.79 Å². The van der Waals surface area contributed by atoms with Crippen LogP contribution in [0.5, 0.6) is 0 Å². The second-order valence-electron chi connectivity index (χ2n) is 4.87. The fourth-order valence-electron chi connectivity index (χ4n) is 2.25. The third-order valence-electron chi connectivity index (χ3n) is 3.30. The van der Waals surface area contributed by atoms with E-state index in [9.17, 15) is 10.1 Å². The van der Waals surface area contributed by atoms with Crippen LogP contribution in [0.15, 0.2) is 35.1 Å². The Morgan fingerprint density at radius 1 is 1.28 bits per heavy atom. The van der Waals surface area contributed by atoms with Crippen LogP contribution in [0.25, 0.3) is 10.9 Å². The zero-order valence-corrected chi connectivity index (χ0v) is 10.8. The topological polar surface area (TPSA) is 45.8 Å². The first-order chi connectivity index (χ1) is 8.56. The van der Waals surface area contributed by atoms with Crippen LogP contribution in [0, 0.1) is 17.2 Å². The molecule has 2 rings (SSSR count). The average molecular weight is 240 g/mol. The van der Waals surface area contributed by atoms with Gasteiger partial charge in [0.05, 0.1) is 17.5 Å². The molecule has 0 spiro atoms. The summed E-state index contributed by atoms with van der Waals surface area (Å²) >= 11 is 0. The minimum Gasteiger partial charge on any atom is -0.311 e. The van der Waals surface area contributed by atoms with E-state index in [0.717, 1.165) is 10.9 Å². The Labute approximate surface area is 106 Å². The molecule has 0 aliphatic rings. The number of aromatic nitrogens is 1. The molecular weight excluding hydrogens is 224 g/mol. The van der Waals surface area contributed by atoms with E-state index in [2.05, 4.69) is 6.07 Å². The van der Waals surface area contributed by atoms with Gasteiger partial charge < -0.3 is 4.57 Å². The minimum atomic E-state index is -0.353. The minimum absolute atomic E-state index is 0.0750. The van der Waals surface area contributed by atoms with Crippen molar-refractivity contribution in [1.82, 2.24) is 4.57 Å². The Morgan fingerprint density at radius 2 is 1.94 bits per heavy atom. The molecule has 1 unspecified atom stereocenters. The summed E-state index contributed by atoms with van der Waals surface area (Å²) in [6, 6.07) is 11.8. The highest BCUT2D eigenvalue weighted by atomic mass is 16.1. The molecule has 0 radical (unpaired) electrons. The molecule has 0 amide bonds. The second-order valence-corrected chi connectivity index (χ2v) is 4.87. The molecule has 92 valence electrons. The molecule has 1 aromatic heterocycles. The summed E-state index contributed by atoms with van der Waals surface area (Å²) in [7, 11) is 1.75. The maximum absolute atomic E-state index is 12.3. The fourth-order valence-corrected chi connectivity index (χ4v) is 2.25. The van der Waals surface area contributed by atoms with E-state index in [1.165, 1.54) is 0 Å². The number of pyridine rings is 1. The molecule has 1 heterocycles. The summed E-state index contributed by atoms with van der Waals surface area (Å²) < 4.78 is 1.62. The van der Waals surface area contributed by atoms with Gasteiger partial charge in [-0.15, -0.1) is 0 Å². The van der Waals surface area contributed by atoms with Gasteiger partial charge >= 0.3 is 0 Å². The van der Waals surface area contributed by atoms with Crippen molar-refractivity contribution in [1.29, 1.82) is 5.26 Å². The number of hydrogen-bond acceptors (Lipinski definition) is 2. The van der Waals surface area contributed by atoms with Crippen LogP contribution in [-0.4, -0.2) is 4.57 Å². The number of fused-ring (bicyclic) bond motifs is 1. The van der Waals surface area contributed by atoms with E-state index >= 15 is 0 Å². The number of nitriles is 1. The van der Waals surface area contributed by atoms with Gasteiger partial charge in [-0.1, -0.05) is 32.0 Å². The van der Waals surface area contributed by atoms with Crippen molar-refractivity contribution in [3.05, 3.63) is 46.2 Å². The Hall–Kier alpha value is -2.08. The smallest absolute Gasteiger partial charge is 0.255 e. The van der Waals surface area contributed by atoms with Gasteiger partial charge in [-0.2, -0.15) is 5.26 Å². The summed E-state index contributed by atoms with van der Waals surface area (Å²) in [5.41, 5.74) is 1.41. The van der Waals surface area contributed by atoms with E-state index in [1.807, 2.05) is 44.2 Å². The second kappa shape index (κ2) is 4.66. The van der Waals surface area contributed by atoms with Crippen LogP contribution in [0.3, 0.4) is 0 Å². The first-order valence-electron chi connectivity index (χ1n) is 6.04. The van der Waals surface area contributed by atoms with Crippen molar-refractivity contribution in [2.24, 2.45) is 13.0 Å². The van der Waals surface area contributed by atoms with Crippen LogP contribution in [0.1, 0.15) is 25.3 Å². The molecule has 0 fully saturated rings. The first kappa shape index (κ1) is 12.4. The predicted molar refractivity (Wildman–Crippen MR) is 72.4 cm³/mol. The largest absolute Gasteiger partial charge is 0.311 e. The zero-order valence-electron chi connectivity index (χ0n) is 10.8. The first-order valence-corrected chi connectivity index (χ1v) is 6.04. The fraction of sp³-hybridized carbons (Fsp3) is 0.333. The molecule has 0 saturated carbocycles. The number of aryl methyl sites for hydroxylation is 1. The lowest BCUT2D eigenvalue weighted by Gasteiger charge is -2.15. The van der Waals surface area contributed by atoms with Crippen molar-refractivity contribution in [2.45, 2.75) is 19.8 Å². The highest BCUT2D eigenvalue weighted by molar-refractivity contribution is 5.79. The van der Waals surface area contributed by atoms with E-state index in [1.54, 1.807) is 11.6 Å². The molecule has 0 saturated heterocycles. The van der Waals surface area contributed by atoms with Crippen molar-refractivity contribution < 1.29 is 0 Å². The average Bonchev–Trinajstić information content (AvgIpc) is 2.36. The highest BCUT2D eigenvalue weighted by Crippen LogP contribution is 2.23. The zero-order chi connectivity index (χ0) is 13.3. The Balaban J connectivity index is 2.78. The summed E-state index contributed by atoms with van der Waals surface area (Å²) in [5, 5.41) is 10.2. The van der Waals surface area contributed by atoms with Crippen LogP contribution in [-0.2, 0) is 7.05 Å². The van der Waals surface area contributed by atoms with E-state index in [4.69, 9.17) is 0 Å². The molecule has 3 heteroatoms. The van der Waals surface area contributed by atoms with Gasteiger partial charge in [0.25, 0.3) is 5.56 Å². The van der Waals surface area contributed by atoms with E-state index in [-0.39, 0.29) is 17.4 Å². The Morgan fingerprint density at radius 3 is 2.56 bits per heavy atom. The molecule has 2 aromatic rings. The number of hydrogen-bond donors (Lipinski definition) is 0. The van der Waals surface area contributed by atoms with Crippen molar-refractivity contribution in [2.75, 3.05) is 0 Å². The van der Waals surface area contributed by atoms with Gasteiger partial charge in [-0.05, 0) is 23.4 Å². The van der Waals surface area contributed by atoms with Crippen molar-refractivity contribution in [3.8, 4) is 6.07 Å². The highest BCUT2D eigenvalue weighted by Gasteiger charge is 2.20. The quantitative estimate of drug-likeness (QED) is 0.810. The maximum Gasteiger partial charge on any atom is 0.255 e. The summed E-state index contributed by atoms with van der Waals surface area (Å²) in [6.45, 7) is 3.92. The van der Waals surface area contributed by atoms with Crippen LogP contribution < -0.4 is 5.56 Å². The van der Waals surface area contributed by atoms with Crippen LogP contribution in [0.2, 0.25) is 0 Å². The Bertz CT molecular complexity index is 677. The van der Waals surface area contributed by atoms with Crippen LogP contribution in [0.4, 0.5) is 0 Å². The van der Waals surface area contributed by atoms with Gasteiger partial charge in [0.15, 0.2) is 0 Å². The van der Waals surface area contributed by atoms with Gasteiger partial charge in [0.1, 0.15) is 0 Å². The third-order valence-corrected chi connectivity index (χ3v) is 3.30. The van der Waals surface area contributed by atoms with Gasteiger partial charge in [0.2, 0.25) is 0 Å². The molecule has 3 nitrogen and oxygen atoms in total. The lowest BCUT2D eigenvalue weighted by Crippen LogP contribution is -2.24. The summed E-state index contributed by atoms with van der Waals surface area (Å²) in [6.07, 6.45) is 0. The van der Waals surface area contributed by atoms with E-state index in [0.29, 0.717) is 5.56 Å². The van der Waals surface area contributed by atoms with Gasteiger partial charge in [0, 0.05) is 12.6 Å². The molecular formula is C15H16N2O. The monoisotopic (exact) mass is 240 g/mol. The molecule has 1 aromatic carbocycles. The molecule has 18 heavy (non-hydrogen) atoms. The third kappa shape index (κ3) is 1.91. The van der Waals surface area contributed by atoms with Crippen molar-refractivity contribution in [3.63, 3.8) is 0 Å². The van der Waals surface area contributed by atoms with Gasteiger partial charge in [-0.25, -0.2) is 0 Å².